The topological polar surface area (TPSA) is 67.1 Å². The minimum Gasteiger partial charge on any atom is -0.338 e. The van der Waals surface area contributed by atoms with E-state index in [0.29, 0.717) is 24.7 Å². The average Bonchev–Trinajstić information content (AvgIpc) is 2.36. The summed E-state index contributed by atoms with van der Waals surface area (Å²) in [5.74, 6) is 0.0260. The minimum atomic E-state index is -0.371. The van der Waals surface area contributed by atoms with Crippen LogP contribution in [0.2, 0.25) is 0 Å². The Kier molecular flexibility index (Phi) is 6.89. The number of amides is 2. The van der Waals surface area contributed by atoms with Gasteiger partial charge in [0.25, 0.3) is 0 Å². The number of carbonyl (C=O) groups is 1. The summed E-state index contributed by atoms with van der Waals surface area (Å²) in [6.45, 7) is 3.32. The smallest absolute Gasteiger partial charge is 0.319 e. The number of rotatable bonds is 7. The second-order valence-electron chi connectivity index (χ2n) is 4.58. The summed E-state index contributed by atoms with van der Waals surface area (Å²) >= 11 is 0. The lowest BCUT2D eigenvalue weighted by molar-refractivity contribution is 0.249. The second kappa shape index (κ2) is 8.48. The molecule has 0 saturated heterocycles. The molecule has 0 aliphatic carbocycles. The van der Waals surface area contributed by atoms with E-state index in [1.165, 1.54) is 12.1 Å². The molecule has 0 heterocycles. The third-order valence-corrected chi connectivity index (χ3v) is 2.91. The minimum absolute atomic E-state index is 0.316. The summed E-state index contributed by atoms with van der Waals surface area (Å²) in [6, 6.07) is 5.50. The van der Waals surface area contributed by atoms with Gasteiger partial charge in [0.1, 0.15) is 5.82 Å². The van der Waals surface area contributed by atoms with E-state index in [-0.39, 0.29) is 11.8 Å². The monoisotopic (exact) mass is 267 g/mol. The highest BCUT2D eigenvalue weighted by Crippen LogP contribution is 2.10. The van der Waals surface area contributed by atoms with Gasteiger partial charge in [0.05, 0.1) is 0 Å². The fraction of sp³-hybridized carbons (Fsp3) is 0.500. The Morgan fingerprint density at radius 1 is 1.42 bits per heavy atom. The summed E-state index contributed by atoms with van der Waals surface area (Å²) in [6.07, 6.45) is 3.00. The van der Waals surface area contributed by atoms with Gasteiger partial charge in [0.15, 0.2) is 0 Å². The van der Waals surface area contributed by atoms with E-state index in [1.54, 1.807) is 12.1 Å². The van der Waals surface area contributed by atoms with Crippen LogP contribution < -0.4 is 16.4 Å². The van der Waals surface area contributed by atoms with Crippen molar-refractivity contribution in [2.75, 3.05) is 18.4 Å². The van der Waals surface area contributed by atoms with Gasteiger partial charge in [-0.1, -0.05) is 19.4 Å². The lowest BCUT2D eigenvalue weighted by Gasteiger charge is -2.16. The van der Waals surface area contributed by atoms with Crippen molar-refractivity contribution in [3.8, 4) is 0 Å². The molecule has 0 aliphatic heterocycles. The normalized spacial score (nSPS) is 11.9. The first-order valence-electron chi connectivity index (χ1n) is 6.66. The summed E-state index contributed by atoms with van der Waals surface area (Å²) in [5.41, 5.74) is 5.98. The van der Waals surface area contributed by atoms with E-state index in [0.717, 1.165) is 19.3 Å². The maximum absolute atomic E-state index is 12.9. The number of nitrogens with one attached hydrogen (secondary N) is 2. The molecule has 0 spiro atoms. The molecule has 0 fully saturated rings. The van der Waals surface area contributed by atoms with E-state index in [2.05, 4.69) is 17.6 Å². The Bertz CT molecular complexity index is 392. The van der Waals surface area contributed by atoms with Gasteiger partial charge in [0.2, 0.25) is 0 Å². The Labute approximate surface area is 113 Å². The highest BCUT2D eigenvalue weighted by atomic mass is 19.1. The molecule has 2 amide bonds. The van der Waals surface area contributed by atoms with Gasteiger partial charge in [-0.25, -0.2) is 9.18 Å². The van der Waals surface area contributed by atoms with Crippen LogP contribution in [0.3, 0.4) is 0 Å². The molecule has 5 heteroatoms. The zero-order valence-electron chi connectivity index (χ0n) is 11.3. The molecule has 0 radical (unpaired) electrons. The Balaban J connectivity index is 2.38. The molecule has 1 aromatic rings. The van der Waals surface area contributed by atoms with Crippen LogP contribution in [0, 0.1) is 11.7 Å². The van der Waals surface area contributed by atoms with Gasteiger partial charge in [-0.05, 0) is 43.5 Å². The highest BCUT2D eigenvalue weighted by Gasteiger charge is 2.09. The van der Waals surface area contributed by atoms with Crippen LogP contribution >= 0.6 is 0 Å². The van der Waals surface area contributed by atoms with Crippen LogP contribution in [-0.4, -0.2) is 19.1 Å². The number of urea groups is 1. The van der Waals surface area contributed by atoms with Crippen molar-refractivity contribution in [3.05, 3.63) is 30.1 Å². The van der Waals surface area contributed by atoms with Crippen molar-refractivity contribution in [1.29, 1.82) is 0 Å². The van der Waals surface area contributed by atoms with Crippen molar-refractivity contribution < 1.29 is 9.18 Å². The largest absolute Gasteiger partial charge is 0.338 e. The number of hydrogen-bond acceptors (Lipinski definition) is 2. The Hall–Kier alpha value is -1.62. The molecule has 1 atom stereocenters. The first kappa shape index (κ1) is 15.4. The zero-order chi connectivity index (χ0) is 14.1. The molecule has 0 saturated carbocycles. The Morgan fingerprint density at radius 2 is 2.21 bits per heavy atom. The van der Waals surface area contributed by atoms with E-state index < -0.39 is 0 Å². The molecule has 1 aromatic carbocycles. The number of nitrogens with two attached hydrogens (primary N) is 1. The van der Waals surface area contributed by atoms with E-state index in [4.69, 9.17) is 5.73 Å². The van der Waals surface area contributed by atoms with Crippen LogP contribution in [0.25, 0.3) is 0 Å². The van der Waals surface area contributed by atoms with Crippen molar-refractivity contribution in [2.24, 2.45) is 11.7 Å². The second-order valence-corrected chi connectivity index (χ2v) is 4.58. The Morgan fingerprint density at radius 3 is 2.84 bits per heavy atom. The van der Waals surface area contributed by atoms with Gasteiger partial charge in [-0.3, -0.25) is 0 Å². The van der Waals surface area contributed by atoms with Gasteiger partial charge >= 0.3 is 6.03 Å². The lowest BCUT2D eigenvalue weighted by atomic mass is 10.00. The standard InChI is InChI=1S/C14H22FN3O/c1-2-4-11(7-8-16)10-17-14(19)18-13-6-3-5-12(15)9-13/h3,5-6,9,11H,2,4,7-8,10,16H2,1H3,(H2,17,18,19). The summed E-state index contributed by atoms with van der Waals surface area (Å²) in [5, 5.41) is 5.39. The van der Waals surface area contributed by atoms with Gasteiger partial charge in [0, 0.05) is 12.2 Å². The molecule has 1 unspecified atom stereocenters. The fourth-order valence-corrected chi connectivity index (χ4v) is 1.97. The number of halogens is 1. The first-order valence-corrected chi connectivity index (χ1v) is 6.66. The van der Waals surface area contributed by atoms with Crippen LogP contribution in [0.4, 0.5) is 14.9 Å². The summed E-state index contributed by atoms with van der Waals surface area (Å²) in [7, 11) is 0. The van der Waals surface area contributed by atoms with E-state index in [9.17, 15) is 9.18 Å². The van der Waals surface area contributed by atoms with Gasteiger partial charge < -0.3 is 16.4 Å². The fourth-order valence-electron chi connectivity index (χ4n) is 1.97. The van der Waals surface area contributed by atoms with Crippen LogP contribution in [0.5, 0.6) is 0 Å². The van der Waals surface area contributed by atoms with Crippen molar-refractivity contribution >= 4 is 11.7 Å². The molecular weight excluding hydrogens is 245 g/mol. The number of hydrogen-bond donors (Lipinski definition) is 3. The zero-order valence-corrected chi connectivity index (χ0v) is 11.3. The van der Waals surface area contributed by atoms with E-state index in [1.807, 2.05) is 0 Å². The van der Waals surface area contributed by atoms with Gasteiger partial charge in [-0.2, -0.15) is 0 Å². The van der Waals surface area contributed by atoms with Crippen LogP contribution in [0.1, 0.15) is 26.2 Å². The van der Waals surface area contributed by atoms with Crippen LogP contribution in [-0.2, 0) is 0 Å². The number of anilines is 1. The molecule has 1 rings (SSSR count). The third kappa shape index (κ3) is 6.20. The molecule has 0 aromatic heterocycles. The lowest BCUT2D eigenvalue weighted by Crippen LogP contribution is -2.33. The average molecular weight is 267 g/mol. The van der Waals surface area contributed by atoms with Crippen molar-refractivity contribution in [1.82, 2.24) is 5.32 Å². The maximum atomic E-state index is 12.9. The SMILES string of the molecule is CCCC(CCN)CNC(=O)Nc1cccc(F)c1. The summed E-state index contributed by atoms with van der Waals surface area (Å²) < 4.78 is 12.9. The molecule has 4 nitrogen and oxygen atoms in total. The molecule has 106 valence electrons. The maximum Gasteiger partial charge on any atom is 0.319 e. The predicted molar refractivity (Wildman–Crippen MR) is 75.5 cm³/mol. The molecule has 0 bridgehead atoms. The molecular formula is C14H22FN3O. The first-order chi connectivity index (χ1) is 9.15. The van der Waals surface area contributed by atoms with Crippen molar-refractivity contribution in [3.63, 3.8) is 0 Å². The van der Waals surface area contributed by atoms with Crippen LogP contribution in [0.15, 0.2) is 24.3 Å². The summed E-state index contributed by atoms with van der Waals surface area (Å²) in [4.78, 5) is 11.7. The number of carbonyl (C=O) groups excluding carboxylic acids is 1. The van der Waals surface area contributed by atoms with Crippen molar-refractivity contribution in [2.45, 2.75) is 26.2 Å². The molecule has 0 aliphatic rings. The molecule has 4 N–H and O–H groups in total. The predicted octanol–water partition coefficient (Wildman–Crippen LogP) is 2.71. The molecule has 19 heavy (non-hydrogen) atoms. The highest BCUT2D eigenvalue weighted by molar-refractivity contribution is 5.89. The number of benzene rings is 1. The third-order valence-electron chi connectivity index (χ3n) is 2.91. The van der Waals surface area contributed by atoms with E-state index >= 15 is 0 Å². The quantitative estimate of drug-likeness (QED) is 0.711. The van der Waals surface area contributed by atoms with Gasteiger partial charge in [-0.15, -0.1) is 0 Å².